The monoisotopic (exact) mass is 336 g/mol. The van der Waals surface area contributed by atoms with Crippen LogP contribution < -0.4 is 9.64 Å². The highest BCUT2D eigenvalue weighted by Gasteiger charge is 2.31. The summed E-state index contributed by atoms with van der Waals surface area (Å²) in [6.45, 7) is 1.95. The van der Waals surface area contributed by atoms with Gasteiger partial charge in [0, 0.05) is 0 Å². The van der Waals surface area contributed by atoms with Gasteiger partial charge in [0.15, 0.2) is 6.10 Å². The van der Waals surface area contributed by atoms with Crippen LogP contribution in [0.25, 0.3) is 0 Å². The van der Waals surface area contributed by atoms with Crippen LogP contribution >= 0.6 is 0 Å². The quantitative estimate of drug-likeness (QED) is 0.805. The van der Waals surface area contributed by atoms with E-state index in [4.69, 9.17) is 14.7 Å². The Hall–Kier alpha value is -3.33. The van der Waals surface area contributed by atoms with Crippen molar-refractivity contribution in [1.82, 2.24) is 0 Å². The van der Waals surface area contributed by atoms with Crippen molar-refractivity contribution in [1.29, 1.82) is 5.26 Å². The first-order valence-electron chi connectivity index (χ1n) is 7.73. The van der Waals surface area contributed by atoms with E-state index < -0.39 is 12.1 Å². The molecule has 1 unspecified atom stereocenters. The van der Waals surface area contributed by atoms with E-state index >= 15 is 0 Å². The largest absolute Gasteiger partial charge is 0.479 e. The van der Waals surface area contributed by atoms with Gasteiger partial charge in [-0.2, -0.15) is 5.26 Å². The Kier molecular flexibility index (Phi) is 4.40. The number of ether oxygens (including phenoxy) is 2. The summed E-state index contributed by atoms with van der Waals surface area (Å²) in [7, 11) is 1.32. The molecule has 0 aliphatic carbocycles. The number of methoxy groups -OCH3 is 1. The van der Waals surface area contributed by atoms with Gasteiger partial charge in [-0.25, -0.2) is 4.79 Å². The van der Waals surface area contributed by atoms with Crippen LogP contribution in [0.3, 0.4) is 0 Å². The first-order chi connectivity index (χ1) is 12.0. The van der Waals surface area contributed by atoms with Gasteiger partial charge in [0.1, 0.15) is 5.75 Å². The highest BCUT2D eigenvalue weighted by Crippen LogP contribution is 2.35. The van der Waals surface area contributed by atoms with Gasteiger partial charge >= 0.3 is 5.97 Å². The van der Waals surface area contributed by atoms with Gasteiger partial charge in [-0.15, -0.1) is 0 Å². The van der Waals surface area contributed by atoms with Gasteiger partial charge in [-0.3, -0.25) is 4.79 Å². The molecule has 3 rings (SSSR count). The van der Waals surface area contributed by atoms with Crippen LogP contribution in [0.2, 0.25) is 0 Å². The fourth-order valence-corrected chi connectivity index (χ4v) is 2.74. The Morgan fingerprint density at radius 2 is 2.12 bits per heavy atom. The van der Waals surface area contributed by atoms with Crippen molar-refractivity contribution < 1.29 is 19.1 Å². The summed E-state index contributed by atoms with van der Waals surface area (Å²) in [6.07, 6.45) is -0.621. The summed E-state index contributed by atoms with van der Waals surface area (Å²) >= 11 is 0. The zero-order valence-electron chi connectivity index (χ0n) is 13.9. The van der Waals surface area contributed by atoms with Gasteiger partial charge in [-0.1, -0.05) is 12.1 Å². The standard InChI is InChI=1S/C19H16N2O4/c1-12-18(22)21(16-9-13(10-20)6-7-17(16)25-12)11-14-4-3-5-15(8-14)19(23)24-2/h3-9,12H,11H2,1-2H3. The minimum Gasteiger partial charge on any atom is -0.479 e. The van der Waals surface area contributed by atoms with E-state index in [1.165, 1.54) is 7.11 Å². The molecule has 0 N–H and O–H groups in total. The predicted molar refractivity (Wildman–Crippen MR) is 90.2 cm³/mol. The van der Waals surface area contributed by atoms with Crippen molar-refractivity contribution in [2.45, 2.75) is 19.6 Å². The molecular weight excluding hydrogens is 320 g/mol. The zero-order valence-corrected chi connectivity index (χ0v) is 13.9. The number of amides is 1. The van der Waals surface area contributed by atoms with E-state index in [-0.39, 0.29) is 12.5 Å². The number of anilines is 1. The Balaban J connectivity index is 1.98. The number of nitrogens with zero attached hydrogens (tertiary/aromatic N) is 2. The van der Waals surface area contributed by atoms with Gasteiger partial charge in [0.2, 0.25) is 0 Å². The summed E-state index contributed by atoms with van der Waals surface area (Å²) < 4.78 is 10.3. The molecule has 1 amide bonds. The molecule has 2 aromatic rings. The molecule has 0 radical (unpaired) electrons. The SMILES string of the molecule is COC(=O)c1cccc(CN2C(=O)C(C)Oc3ccc(C#N)cc32)c1. The predicted octanol–water partition coefficient (Wildman–Crippen LogP) is 2.66. The molecule has 0 bridgehead atoms. The molecule has 126 valence electrons. The lowest BCUT2D eigenvalue weighted by molar-refractivity contribution is -0.125. The highest BCUT2D eigenvalue weighted by molar-refractivity contribution is 6.00. The molecule has 0 spiro atoms. The van der Waals surface area contributed by atoms with Crippen LogP contribution in [-0.2, 0) is 16.1 Å². The molecular formula is C19H16N2O4. The molecule has 25 heavy (non-hydrogen) atoms. The van der Waals surface area contributed by atoms with Crippen LogP contribution in [0.5, 0.6) is 5.75 Å². The number of carbonyl (C=O) groups is 2. The van der Waals surface area contributed by atoms with Gasteiger partial charge in [0.05, 0.1) is 36.5 Å². The van der Waals surface area contributed by atoms with Crippen molar-refractivity contribution in [3.05, 3.63) is 59.2 Å². The highest BCUT2D eigenvalue weighted by atomic mass is 16.5. The summed E-state index contributed by atoms with van der Waals surface area (Å²) in [5.74, 6) is -0.0861. The number of esters is 1. The lowest BCUT2D eigenvalue weighted by Gasteiger charge is -2.33. The molecule has 0 saturated heterocycles. The number of hydrogen-bond donors (Lipinski definition) is 0. The maximum absolute atomic E-state index is 12.6. The zero-order chi connectivity index (χ0) is 18.0. The second kappa shape index (κ2) is 6.65. The topological polar surface area (TPSA) is 79.6 Å². The van der Waals surface area contributed by atoms with Crippen LogP contribution in [0.4, 0.5) is 5.69 Å². The second-order valence-electron chi connectivity index (χ2n) is 5.67. The summed E-state index contributed by atoms with van der Waals surface area (Å²) in [4.78, 5) is 25.9. The van der Waals surface area contributed by atoms with Crippen LogP contribution in [0, 0.1) is 11.3 Å². The second-order valence-corrected chi connectivity index (χ2v) is 5.67. The van der Waals surface area contributed by atoms with E-state index in [1.807, 2.05) is 6.07 Å². The molecule has 6 heteroatoms. The minimum atomic E-state index is -0.621. The Morgan fingerprint density at radius 1 is 1.32 bits per heavy atom. The number of nitriles is 1. The average Bonchev–Trinajstić information content (AvgIpc) is 2.64. The van der Waals surface area contributed by atoms with E-state index in [2.05, 4.69) is 6.07 Å². The first-order valence-corrected chi connectivity index (χ1v) is 7.73. The smallest absolute Gasteiger partial charge is 0.337 e. The molecule has 1 atom stereocenters. The molecule has 1 aliphatic rings. The van der Waals surface area contributed by atoms with Crippen molar-refractivity contribution in [2.75, 3.05) is 12.0 Å². The summed E-state index contributed by atoms with van der Waals surface area (Å²) in [5.41, 5.74) is 2.18. The van der Waals surface area contributed by atoms with E-state index in [1.54, 1.807) is 48.2 Å². The molecule has 0 aromatic heterocycles. The third-order valence-electron chi connectivity index (χ3n) is 3.99. The Morgan fingerprint density at radius 3 is 2.84 bits per heavy atom. The van der Waals surface area contributed by atoms with Gasteiger partial charge in [0.25, 0.3) is 5.91 Å². The lowest BCUT2D eigenvalue weighted by atomic mass is 10.1. The number of fused-ring (bicyclic) bond motifs is 1. The normalized spacial score (nSPS) is 15.8. The fourth-order valence-electron chi connectivity index (χ4n) is 2.74. The van der Waals surface area contributed by atoms with Crippen molar-refractivity contribution in [2.24, 2.45) is 0 Å². The maximum Gasteiger partial charge on any atom is 0.337 e. The Bertz CT molecular complexity index is 885. The number of benzene rings is 2. The molecule has 0 saturated carbocycles. The third kappa shape index (κ3) is 3.17. The lowest BCUT2D eigenvalue weighted by Crippen LogP contribution is -2.44. The van der Waals surface area contributed by atoms with Crippen molar-refractivity contribution >= 4 is 17.6 Å². The van der Waals surface area contributed by atoms with Crippen LogP contribution in [0.15, 0.2) is 42.5 Å². The third-order valence-corrected chi connectivity index (χ3v) is 3.99. The maximum atomic E-state index is 12.6. The summed E-state index contributed by atoms with van der Waals surface area (Å²) in [5, 5.41) is 9.11. The minimum absolute atomic E-state index is 0.203. The molecule has 6 nitrogen and oxygen atoms in total. The average molecular weight is 336 g/mol. The fraction of sp³-hybridized carbons (Fsp3) is 0.211. The molecule has 1 heterocycles. The molecule has 2 aromatic carbocycles. The summed E-state index contributed by atoms with van der Waals surface area (Å²) in [6, 6.07) is 13.9. The van der Waals surface area contributed by atoms with Crippen molar-refractivity contribution in [3.8, 4) is 11.8 Å². The number of hydrogen-bond acceptors (Lipinski definition) is 5. The van der Waals surface area contributed by atoms with E-state index in [0.717, 1.165) is 5.56 Å². The van der Waals surface area contributed by atoms with Gasteiger partial charge in [-0.05, 0) is 42.8 Å². The number of carbonyl (C=O) groups excluding carboxylic acids is 2. The van der Waals surface area contributed by atoms with E-state index in [0.29, 0.717) is 22.6 Å². The molecule has 1 aliphatic heterocycles. The van der Waals surface area contributed by atoms with Crippen LogP contribution in [0.1, 0.15) is 28.4 Å². The van der Waals surface area contributed by atoms with E-state index in [9.17, 15) is 9.59 Å². The number of rotatable bonds is 3. The Labute approximate surface area is 145 Å². The van der Waals surface area contributed by atoms with Crippen molar-refractivity contribution in [3.63, 3.8) is 0 Å². The van der Waals surface area contributed by atoms with Gasteiger partial charge < -0.3 is 14.4 Å². The molecule has 0 fully saturated rings. The first kappa shape index (κ1) is 16.5. The van der Waals surface area contributed by atoms with Crippen LogP contribution in [-0.4, -0.2) is 25.1 Å².